The average Bonchev–Trinajstić information content (AvgIpc) is 3.33. The molecule has 1 aliphatic heterocycles. The van der Waals surface area contributed by atoms with Gasteiger partial charge in [0, 0.05) is 47.7 Å². The summed E-state index contributed by atoms with van der Waals surface area (Å²) in [7, 11) is 3.82. The van der Waals surface area contributed by atoms with Crippen molar-refractivity contribution in [3.8, 4) is 23.0 Å². The number of fused-ring (bicyclic) bond motifs is 4. The van der Waals surface area contributed by atoms with Gasteiger partial charge in [0.05, 0.1) is 20.3 Å². The number of aryl methyl sites for hydroxylation is 1. The number of likely N-dealkylation sites (N-methyl/N-ethyl adjacent to an activating group) is 1. The first-order chi connectivity index (χ1) is 28.0. The highest BCUT2D eigenvalue weighted by Crippen LogP contribution is 2.58. The molecule has 308 valence electrons. The second-order valence-electron chi connectivity index (χ2n) is 17.6. The third-order valence-electron chi connectivity index (χ3n) is 13.4. The van der Waals surface area contributed by atoms with Gasteiger partial charge in [-0.1, -0.05) is 43.6 Å². The Hall–Kier alpha value is -4.47. The lowest BCUT2D eigenvalue weighted by molar-refractivity contribution is -0.144. The minimum Gasteiger partial charge on any atom is -0.497 e. The van der Waals surface area contributed by atoms with E-state index in [1.165, 1.54) is 34.4 Å². The zero-order valence-electron chi connectivity index (χ0n) is 34.4. The van der Waals surface area contributed by atoms with E-state index in [2.05, 4.69) is 55.4 Å². The largest absolute Gasteiger partial charge is 0.497 e. The van der Waals surface area contributed by atoms with Crippen LogP contribution in [0.5, 0.6) is 23.0 Å². The van der Waals surface area contributed by atoms with Crippen LogP contribution in [-0.2, 0) is 29.6 Å². The van der Waals surface area contributed by atoms with Crippen molar-refractivity contribution < 1.29 is 28.8 Å². The molecule has 3 aromatic carbocycles. The number of ether oxygens (including phenoxy) is 4. The monoisotopic (exact) mass is 807 g/mol. The maximum Gasteiger partial charge on any atom is 0.329 e. The molecule has 0 amide bonds. The van der Waals surface area contributed by atoms with E-state index < -0.39 is 11.5 Å². The van der Waals surface area contributed by atoms with Crippen molar-refractivity contribution in [1.82, 2.24) is 9.88 Å². The molecule has 9 nitrogen and oxygen atoms in total. The molecule has 10 heteroatoms. The summed E-state index contributed by atoms with van der Waals surface area (Å²) < 4.78 is 25.4. The Morgan fingerprint density at radius 1 is 1.07 bits per heavy atom. The number of rotatable bonds is 13. The van der Waals surface area contributed by atoms with E-state index in [1.54, 1.807) is 7.11 Å². The van der Waals surface area contributed by atoms with Crippen molar-refractivity contribution in [2.24, 2.45) is 11.8 Å². The van der Waals surface area contributed by atoms with Crippen molar-refractivity contribution in [1.29, 1.82) is 0 Å². The molecule has 0 saturated heterocycles. The standard InChI is InChI=1S/C48H58ClN3O6/c1-31(30-57-42-14-20-50-41-13-5-8-32(2)45(41)42)22-35-24-34-25-43-44(58-39(15-21-56-43)29-52(3)28-33-9-6-12-38(23-33)55-4)27-40(34)47(35)16-18-48(19-17-47,46(53)54)51-37-11-7-10-36(49)26-37/h6-7,9-12,14,20,23,25-27,31-32,35,39,51H,5,8,13,15-19,21-22,24,28-30H2,1-4H3,(H,53,54)/t31-,32-,35+,39-,47?,48?/m1/s1. The molecule has 3 aliphatic carbocycles. The number of pyridine rings is 1. The quantitative estimate of drug-likeness (QED) is 0.137. The fraction of sp³-hybridized carbons (Fsp3) is 0.500. The van der Waals surface area contributed by atoms with Gasteiger partial charge in [-0.15, -0.1) is 0 Å². The summed E-state index contributed by atoms with van der Waals surface area (Å²) >= 11 is 6.34. The number of aliphatic carboxylic acids is 1. The molecule has 2 N–H and O–H groups in total. The van der Waals surface area contributed by atoms with E-state index in [9.17, 15) is 9.90 Å². The SMILES string of the molecule is COc1cccc(CN(C)C[C@H]2CCOc3cc4c(cc3O2)C2(CCC(Nc3cccc(Cl)c3)(C(=O)O)CC2)[C@@H](C[C@@H](C)COc2ccnc3c2[C@H](C)CCC3)C4)c1. The lowest BCUT2D eigenvalue weighted by atomic mass is 9.59. The number of carboxylic acid groups (broad SMARTS) is 1. The van der Waals surface area contributed by atoms with Crippen molar-refractivity contribution in [3.63, 3.8) is 0 Å². The second-order valence-corrected chi connectivity index (χ2v) is 18.0. The molecule has 1 spiro atoms. The van der Waals surface area contributed by atoms with Gasteiger partial charge in [0.2, 0.25) is 0 Å². The normalized spacial score (nSPS) is 25.4. The first-order valence-electron chi connectivity index (χ1n) is 21.2. The number of halogens is 1. The molecule has 0 unspecified atom stereocenters. The lowest BCUT2D eigenvalue weighted by Crippen LogP contribution is -2.53. The highest BCUT2D eigenvalue weighted by atomic mass is 35.5. The van der Waals surface area contributed by atoms with Crippen LogP contribution in [0.4, 0.5) is 5.69 Å². The maximum atomic E-state index is 13.2. The van der Waals surface area contributed by atoms with Crippen molar-refractivity contribution in [2.45, 2.75) is 108 Å². The van der Waals surface area contributed by atoms with E-state index >= 15 is 0 Å². The number of nitrogens with zero attached hydrogens (tertiary/aromatic N) is 2. The van der Waals surface area contributed by atoms with E-state index in [1.807, 2.05) is 48.7 Å². The van der Waals surface area contributed by atoms with Gasteiger partial charge in [-0.05, 0) is 153 Å². The Morgan fingerprint density at radius 3 is 2.69 bits per heavy atom. The Balaban J connectivity index is 1.04. The Labute approximate surface area is 348 Å². The molecule has 4 aromatic rings. The third-order valence-corrected chi connectivity index (χ3v) is 13.7. The number of carbonyl (C=O) groups is 1. The Morgan fingerprint density at radius 2 is 1.90 bits per heavy atom. The summed E-state index contributed by atoms with van der Waals surface area (Å²) in [5.41, 5.74) is 5.64. The average molecular weight is 808 g/mol. The van der Waals surface area contributed by atoms with Gasteiger partial charge in [0.25, 0.3) is 0 Å². The summed E-state index contributed by atoms with van der Waals surface area (Å²) in [4.78, 5) is 20.1. The number of carboxylic acids is 1. The van der Waals surface area contributed by atoms with Crippen LogP contribution in [0.25, 0.3) is 0 Å². The van der Waals surface area contributed by atoms with Gasteiger partial charge in [-0.3, -0.25) is 9.88 Å². The molecule has 4 atom stereocenters. The Bertz CT molecular complexity index is 2100. The van der Waals surface area contributed by atoms with E-state index in [-0.39, 0.29) is 17.4 Å². The first kappa shape index (κ1) is 40.3. The summed E-state index contributed by atoms with van der Waals surface area (Å²) in [6, 6.07) is 22.1. The summed E-state index contributed by atoms with van der Waals surface area (Å²) in [6.07, 6.45) is 10.3. The summed E-state index contributed by atoms with van der Waals surface area (Å²) in [5, 5.41) is 14.8. The van der Waals surface area contributed by atoms with Crippen LogP contribution in [0.3, 0.4) is 0 Å². The molecule has 4 aliphatic rings. The van der Waals surface area contributed by atoms with Gasteiger partial charge in [0.1, 0.15) is 23.1 Å². The fourth-order valence-corrected chi connectivity index (χ4v) is 10.7. The van der Waals surface area contributed by atoms with Crippen LogP contribution in [0, 0.1) is 11.8 Å². The maximum absolute atomic E-state index is 13.2. The first-order valence-corrected chi connectivity index (χ1v) is 21.6. The molecule has 8 rings (SSSR count). The predicted molar refractivity (Wildman–Crippen MR) is 228 cm³/mol. The zero-order valence-corrected chi connectivity index (χ0v) is 35.2. The van der Waals surface area contributed by atoms with Crippen molar-refractivity contribution >= 4 is 23.3 Å². The third kappa shape index (κ3) is 8.35. The van der Waals surface area contributed by atoms with Crippen LogP contribution in [0.1, 0.15) is 99.1 Å². The highest BCUT2D eigenvalue weighted by molar-refractivity contribution is 6.30. The molecule has 58 heavy (non-hydrogen) atoms. The number of hydrogen-bond acceptors (Lipinski definition) is 8. The molecule has 2 heterocycles. The molecule has 1 fully saturated rings. The second kappa shape index (κ2) is 17.0. The van der Waals surface area contributed by atoms with Crippen molar-refractivity contribution in [3.05, 3.63) is 106 Å². The fourth-order valence-electron chi connectivity index (χ4n) is 10.5. The number of anilines is 1. The van der Waals surface area contributed by atoms with E-state index in [4.69, 9.17) is 35.5 Å². The van der Waals surface area contributed by atoms with E-state index in [0.29, 0.717) is 42.9 Å². The van der Waals surface area contributed by atoms with Crippen LogP contribution < -0.4 is 24.3 Å². The minimum absolute atomic E-state index is 0.0465. The smallest absolute Gasteiger partial charge is 0.329 e. The molecule has 0 radical (unpaired) electrons. The number of methoxy groups -OCH3 is 1. The molecular formula is C48H58ClN3O6. The number of nitrogens with one attached hydrogen (secondary N) is 1. The molecular weight excluding hydrogens is 750 g/mol. The minimum atomic E-state index is -1.10. The van der Waals surface area contributed by atoms with Gasteiger partial charge in [-0.25, -0.2) is 4.79 Å². The van der Waals surface area contributed by atoms with Crippen LogP contribution in [0.2, 0.25) is 5.02 Å². The van der Waals surface area contributed by atoms with Crippen LogP contribution in [0.15, 0.2) is 72.9 Å². The van der Waals surface area contributed by atoms with Gasteiger partial charge < -0.3 is 29.4 Å². The molecule has 1 saturated carbocycles. The van der Waals surface area contributed by atoms with Crippen molar-refractivity contribution in [2.75, 3.05) is 39.2 Å². The molecule has 0 bridgehead atoms. The lowest BCUT2D eigenvalue weighted by Gasteiger charge is -2.47. The van der Waals surface area contributed by atoms with Gasteiger partial charge in [0.15, 0.2) is 11.5 Å². The number of benzene rings is 3. The summed E-state index contributed by atoms with van der Waals surface area (Å²) in [5.74, 6) is 3.63. The summed E-state index contributed by atoms with van der Waals surface area (Å²) in [6.45, 7) is 7.31. The predicted octanol–water partition coefficient (Wildman–Crippen LogP) is 9.87. The van der Waals surface area contributed by atoms with Gasteiger partial charge in [-0.2, -0.15) is 0 Å². The zero-order chi connectivity index (χ0) is 40.4. The topological polar surface area (TPSA) is 102 Å². The Kier molecular flexibility index (Phi) is 11.8. The number of aromatic nitrogens is 1. The highest BCUT2D eigenvalue weighted by Gasteiger charge is 2.54. The van der Waals surface area contributed by atoms with E-state index in [0.717, 1.165) is 86.7 Å². The van der Waals surface area contributed by atoms with Crippen LogP contribution in [-0.4, -0.2) is 66.5 Å². The van der Waals surface area contributed by atoms with Crippen LogP contribution >= 0.6 is 11.6 Å². The number of hydrogen-bond donors (Lipinski definition) is 2. The molecule has 1 aromatic heterocycles. The van der Waals surface area contributed by atoms with Gasteiger partial charge >= 0.3 is 5.97 Å².